The van der Waals surface area contributed by atoms with Gasteiger partial charge < -0.3 is 10.1 Å². The van der Waals surface area contributed by atoms with Gasteiger partial charge in [-0.2, -0.15) is 4.31 Å². The second-order valence-electron chi connectivity index (χ2n) is 6.18. The molecule has 1 N–H and O–H groups in total. The predicted octanol–water partition coefficient (Wildman–Crippen LogP) is 3.79. The van der Waals surface area contributed by atoms with E-state index in [1.807, 2.05) is 24.3 Å². The maximum atomic E-state index is 12.8. The zero-order valence-electron chi connectivity index (χ0n) is 15.6. The van der Waals surface area contributed by atoms with Crippen molar-refractivity contribution in [3.05, 3.63) is 58.6 Å². The zero-order valence-corrected chi connectivity index (χ0v) is 17.2. The van der Waals surface area contributed by atoms with E-state index < -0.39 is 10.0 Å². The molecule has 3 rings (SSSR count). The minimum atomic E-state index is -3.74. The Labute approximate surface area is 169 Å². The maximum absolute atomic E-state index is 12.8. The Hall–Kier alpha value is -2.35. The summed E-state index contributed by atoms with van der Waals surface area (Å²) in [4.78, 5) is 12.6. The number of sulfonamides is 1. The molecule has 0 bridgehead atoms. The molecule has 28 heavy (non-hydrogen) atoms. The second-order valence-corrected chi connectivity index (χ2v) is 8.50. The molecule has 0 atom stereocenters. The quantitative estimate of drug-likeness (QED) is 0.771. The number of fused-ring (bicyclic) bond motifs is 1. The zero-order chi connectivity index (χ0) is 20.3. The van der Waals surface area contributed by atoms with Crippen molar-refractivity contribution >= 4 is 39.3 Å². The molecule has 0 fully saturated rings. The first-order chi connectivity index (χ1) is 13.4. The average Bonchev–Trinajstić information content (AvgIpc) is 2.69. The number of para-hydroxylation sites is 1. The van der Waals surface area contributed by atoms with E-state index in [-0.39, 0.29) is 22.4 Å². The molecule has 0 aliphatic carbocycles. The highest BCUT2D eigenvalue weighted by atomic mass is 35.5. The van der Waals surface area contributed by atoms with Gasteiger partial charge in [-0.3, -0.25) is 4.79 Å². The Morgan fingerprint density at radius 3 is 2.61 bits per heavy atom. The fourth-order valence-electron chi connectivity index (χ4n) is 2.94. The molecule has 6 nitrogen and oxygen atoms in total. The number of amides is 1. The second kappa shape index (κ2) is 8.34. The van der Waals surface area contributed by atoms with E-state index in [9.17, 15) is 13.2 Å². The van der Waals surface area contributed by atoms with Gasteiger partial charge in [-0.15, -0.1) is 0 Å². The summed E-state index contributed by atoms with van der Waals surface area (Å²) in [6, 6.07) is 11.8. The third-order valence-corrected chi connectivity index (χ3v) is 6.97. The van der Waals surface area contributed by atoms with Gasteiger partial charge in [-0.1, -0.05) is 43.6 Å². The van der Waals surface area contributed by atoms with E-state index in [0.29, 0.717) is 24.4 Å². The van der Waals surface area contributed by atoms with Crippen LogP contribution in [0.1, 0.15) is 19.4 Å². The van der Waals surface area contributed by atoms with Gasteiger partial charge in [0.2, 0.25) is 10.0 Å². The Bertz CT molecular complexity index is 1030. The van der Waals surface area contributed by atoms with Gasteiger partial charge in [-0.05, 0) is 30.3 Å². The molecule has 1 heterocycles. The summed E-state index contributed by atoms with van der Waals surface area (Å²) in [5.74, 6) is 0.362. The molecule has 0 radical (unpaired) electrons. The molecule has 0 saturated heterocycles. The number of rotatable bonds is 6. The first kappa shape index (κ1) is 20.4. The topological polar surface area (TPSA) is 75.7 Å². The number of benzene rings is 2. The van der Waals surface area contributed by atoms with Gasteiger partial charge in [0.25, 0.3) is 5.91 Å². The van der Waals surface area contributed by atoms with E-state index >= 15 is 0 Å². The number of anilines is 1. The van der Waals surface area contributed by atoms with Crippen LogP contribution in [-0.4, -0.2) is 38.3 Å². The lowest BCUT2D eigenvalue weighted by atomic mass is 10.1. The number of hydrogen-bond acceptors (Lipinski definition) is 4. The number of hydrogen-bond donors (Lipinski definition) is 1. The summed E-state index contributed by atoms with van der Waals surface area (Å²) in [7, 11) is -3.74. The number of ether oxygens (including phenoxy) is 1. The Balaban J connectivity index is 1.86. The third-order valence-electron chi connectivity index (χ3n) is 4.44. The van der Waals surface area contributed by atoms with E-state index in [0.717, 1.165) is 11.3 Å². The summed E-state index contributed by atoms with van der Waals surface area (Å²) in [5, 5.41) is 2.84. The monoisotopic (exact) mass is 420 g/mol. The van der Waals surface area contributed by atoms with Crippen LogP contribution in [0.15, 0.2) is 52.9 Å². The molecule has 2 aromatic carbocycles. The highest BCUT2D eigenvalue weighted by Crippen LogP contribution is 2.29. The number of nitrogens with one attached hydrogen (secondary N) is 1. The molecular weight excluding hydrogens is 400 g/mol. The van der Waals surface area contributed by atoms with Crippen molar-refractivity contribution in [3.63, 3.8) is 0 Å². The van der Waals surface area contributed by atoms with Crippen molar-refractivity contribution in [2.45, 2.75) is 18.7 Å². The first-order valence-electron chi connectivity index (χ1n) is 8.90. The molecule has 2 aromatic rings. The molecule has 0 aromatic heterocycles. The van der Waals surface area contributed by atoms with Crippen molar-refractivity contribution in [3.8, 4) is 5.75 Å². The highest BCUT2D eigenvalue weighted by molar-refractivity contribution is 7.89. The Kier molecular flexibility index (Phi) is 6.07. The van der Waals surface area contributed by atoms with Crippen LogP contribution in [-0.2, 0) is 14.8 Å². The van der Waals surface area contributed by atoms with Crippen molar-refractivity contribution in [1.82, 2.24) is 4.31 Å². The molecule has 0 unspecified atom stereocenters. The van der Waals surface area contributed by atoms with Crippen LogP contribution < -0.4 is 10.1 Å². The minimum Gasteiger partial charge on any atom is -0.488 e. The largest absolute Gasteiger partial charge is 0.488 e. The van der Waals surface area contributed by atoms with Crippen molar-refractivity contribution in [2.24, 2.45) is 0 Å². The number of carbonyl (C=O) groups is 1. The smallest absolute Gasteiger partial charge is 0.255 e. The fourth-order valence-corrected chi connectivity index (χ4v) is 4.90. The van der Waals surface area contributed by atoms with Crippen LogP contribution in [0.5, 0.6) is 5.75 Å². The summed E-state index contributed by atoms with van der Waals surface area (Å²) in [6.45, 7) is 4.31. The molecular formula is C20H21ClN2O4S. The van der Waals surface area contributed by atoms with Crippen molar-refractivity contribution < 1.29 is 17.9 Å². The molecule has 1 aliphatic rings. The van der Waals surface area contributed by atoms with E-state index in [4.69, 9.17) is 16.3 Å². The number of carbonyl (C=O) groups excluding carboxylic acids is 1. The van der Waals surface area contributed by atoms with Crippen LogP contribution in [0.4, 0.5) is 5.69 Å². The highest BCUT2D eigenvalue weighted by Gasteiger charge is 2.25. The van der Waals surface area contributed by atoms with E-state index in [1.165, 1.54) is 16.4 Å². The van der Waals surface area contributed by atoms with Crippen LogP contribution in [0.2, 0.25) is 5.02 Å². The summed E-state index contributed by atoms with van der Waals surface area (Å²) in [5.41, 5.74) is 1.61. The molecule has 0 spiro atoms. The van der Waals surface area contributed by atoms with Gasteiger partial charge in [0.05, 0.1) is 10.6 Å². The summed E-state index contributed by atoms with van der Waals surface area (Å²) >= 11 is 6.13. The number of nitrogens with zero attached hydrogens (tertiary/aromatic N) is 1. The van der Waals surface area contributed by atoms with Crippen molar-refractivity contribution in [1.29, 1.82) is 0 Å². The van der Waals surface area contributed by atoms with Crippen LogP contribution in [0, 0.1) is 0 Å². The normalized spacial score (nSPS) is 13.5. The summed E-state index contributed by atoms with van der Waals surface area (Å²) < 4.78 is 32.5. The summed E-state index contributed by atoms with van der Waals surface area (Å²) in [6.07, 6.45) is 1.76. The maximum Gasteiger partial charge on any atom is 0.255 e. The van der Waals surface area contributed by atoms with Crippen molar-refractivity contribution in [2.75, 3.05) is 25.0 Å². The van der Waals surface area contributed by atoms with E-state index in [1.54, 1.807) is 26.0 Å². The molecule has 8 heteroatoms. The molecule has 0 saturated carbocycles. The SMILES string of the molecule is CCN(CC)S(=O)(=O)c1cc(NC(=O)C2=Cc3ccccc3OC2)ccc1Cl. The number of halogens is 1. The van der Waals surface area contributed by atoms with Gasteiger partial charge in [0.15, 0.2) is 0 Å². The molecule has 1 aliphatic heterocycles. The van der Waals surface area contributed by atoms with Gasteiger partial charge >= 0.3 is 0 Å². The predicted molar refractivity (Wildman–Crippen MR) is 110 cm³/mol. The first-order valence-corrected chi connectivity index (χ1v) is 10.7. The molecule has 148 valence electrons. The van der Waals surface area contributed by atoms with Gasteiger partial charge in [0.1, 0.15) is 17.3 Å². The van der Waals surface area contributed by atoms with Crippen LogP contribution in [0.3, 0.4) is 0 Å². The lowest BCUT2D eigenvalue weighted by Crippen LogP contribution is -2.31. The minimum absolute atomic E-state index is 0.0325. The Morgan fingerprint density at radius 2 is 1.89 bits per heavy atom. The van der Waals surface area contributed by atoms with E-state index in [2.05, 4.69) is 5.32 Å². The lowest BCUT2D eigenvalue weighted by molar-refractivity contribution is -0.113. The fraction of sp³-hybridized carbons (Fsp3) is 0.250. The van der Waals surface area contributed by atoms with Crippen LogP contribution in [0.25, 0.3) is 6.08 Å². The van der Waals surface area contributed by atoms with Gasteiger partial charge in [-0.25, -0.2) is 8.42 Å². The third kappa shape index (κ3) is 4.06. The lowest BCUT2D eigenvalue weighted by Gasteiger charge is -2.20. The average molecular weight is 421 g/mol. The van der Waals surface area contributed by atoms with Crippen LogP contribution >= 0.6 is 11.6 Å². The standard InChI is InChI=1S/C20H21ClN2O4S/c1-3-23(4-2)28(25,26)19-12-16(9-10-17(19)21)22-20(24)15-11-14-7-5-6-8-18(14)27-13-15/h5-12H,3-4,13H2,1-2H3,(H,22,24). The van der Waals surface area contributed by atoms with Gasteiger partial charge in [0, 0.05) is 24.3 Å². The Morgan fingerprint density at radius 1 is 1.18 bits per heavy atom. The molecule has 1 amide bonds.